The summed E-state index contributed by atoms with van der Waals surface area (Å²) in [5.74, 6) is 1.05. The molecule has 1 amide bonds. The molecule has 1 aliphatic rings. The number of nitrogens with zero attached hydrogens (tertiary/aromatic N) is 6. The number of ether oxygens (including phenoxy) is 1. The first-order valence-corrected chi connectivity index (χ1v) is 7.37. The molecular formula is C15H18N6O2. The van der Waals surface area contributed by atoms with E-state index in [0.717, 1.165) is 5.69 Å². The van der Waals surface area contributed by atoms with Gasteiger partial charge >= 0.3 is 0 Å². The summed E-state index contributed by atoms with van der Waals surface area (Å²) in [6, 6.07) is 1.71. The predicted molar refractivity (Wildman–Crippen MR) is 83.5 cm³/mol. The average molecular weight is 314 g/mol. The molecule has 0 spiro atoms. The summed E-state index contributed by atoms with van der Waals surface area (Å²) >= 11 is 0. The van der Waals surface area contributed by atoms with E-state index in [2.05, 4.69) is 19.9 Å². The molecule has 1 aliphatic heterocycles. The number of amides is 1. The molecule has 1 fully saturated rings. The molecule has 8 nitrogen and oxygen atoms in total. The van der Waals surface area contributed by atoms with Crippen LogP contribution in [0.5, 0.6) is 5.88 Å². The minimum atomic E-state index is -0.0938. The molecule has 120 valence electrons. The Morgan fingerprint density at radius 3 is 2.57 bits per heavy atom. The second-order valence-electron chi connectivity index (χ2n) is 5.22. The summed E-state index contributed by atoms with van der Waals surface area (Å²) < 4.78 is 5.11. The van der Waals surface area contributed by atoms with E-state index in [4.69, 9.17) is 4.74 Å². The van der Waals surface area contributed by atoms with Gasteiger partial charge in [0.2, 0.25) is 11.8 Å². The Balaban J connectivity index is 1.63. The zero-order chi connectivity index (χ0) is 16.2. The van der Waals surface area contributed by atoms with Gasteiger partial charge in [-0.15, -0.1) is 0 Å². The molecule has 2 aromatic rings. The number of piperazine rings is 1. The minimum Gasteiger partial charge on any atom is -0.481 e. The van der Waals surface area contributed by atoms with Crippen LogP contribution in [0.15, 0.2) is 24.7 Å². The lowest BCUT2D eigenvalue weighted by atomic mass is 10.3. The smallest absolute Gasteiger partial charge is 0.274 e. The molecule has 0 saturated carbocycles. The van der Waals surface area contributed by atoms with Gasteiger partial charge in [-0.3, -0.25) is 9.78 Å². The lowest BCUT2D eigenvalue weighted by Gasteiger charge is -2.34. The van der Waals surface area contributed by atoms with Gasteiger partial charge in [0.15, 0.2) is 0 Å². The van der Waals surface area contributed by atoms with Crippen LogP contribution >= 0.6 is 0 Å². The van der Waals surface area contributed by atoms with Crippen molar-refractivity contribution in [2.75, 3.05) is 38.2 Å². The molecule has 1 saturated heterocycles. The number of rotatable bonds is 3. The largest absolute Gasteiger partial charge is 0.481 e. The maximum Gasteiger partial charge on any atom is 0.274 e. The summed E-state index contributed by atoms with van der Waals surface area (Å²) in [6.07, 6.45) is 4.80. The van der Waals surface area contributed by atoms with Crippen LogP contribution in [0.25, 0.3) is 0 Å². The third kappa shape index (κ3) is 3.36. The van der Waals surface area contributed by atoms with Crippen molar-refractivity contribution >= 4 is 11.9 Å². The van der Waals surface area contributed by atoms with Gasteiger partial charge in [-0.1, -0.05) is 0 Å². The van der Waals surface area contributed by atoms with Gasteiger partial charge in [-0.25, -0.2) is 9.97 Å². The highest BCUT2D eigenvalue weighted by Crippen LogP contribution is 2.15. The van der Waals surface area contributed by atoms with Crippen molar-refractivity contribution in [3.63, 3.8) is 0 Å². The molecule has 0 bridgehead atoms. The summed E-state index contributed by atoms with van der Waals surface area (Å²) in [5.41, 5.74) is 1.17. The highest BCUT2D eigenvalue weighted by molar-refractivity contribution is 5.92. The third-order valence-electron chi connectivity index (χ3n) is 3.68. The standard InChI is InChI=1S/C15H18N6O2/c1-11-9-18-12(10-17-11)14(22)20-5-7-21(8-6-20)15-16-4-3-13(19-15)23-2/h3-4,9-10H,5-8H2,1-2H3. The van der Waals surface area contributed by atoms with Crippen molar-refractivity contribution in [1.29, 1.82) is 0 Å². The molecule has 2 aromatic heterocycles. The first kappa shape index (κ1) is 15.1. The quantitative estimate of drug-likeness (QED) is 0.817. The monoisotopic (exact) mass is 314 g/mol. The summed E-state index contributed by atoms with van der Waals surface area (Å²) in [5, 5.41) is 0. The van der Waals surface area contributed by atoms with Gasteiger partial charge in [0.1, 0.15) is 5.69 Å². The highest BCUT2D eigenvalue weighted by Gasteiger charge is 2.24. The van der Waals surface area contributed by atoms with Crippen molar-refractivity contribution in [3.8, 4) is 5.88 Å². The van der Waals surface area contributed by atoms with E-state index in [-0.39, 0.29) is 5.91 Å². The van der Waals surface area contributed by atoms with Gasteiger partial charge in [0.05, 0.1) is 19.0 Å². The van der Waals surface area contributed by atoms with Crippen LogP contribution in [0, 0.1) is 6.92 Å². The number of carbonyl (C=O) groups is 1. The summed E-state index contributed by atoms with van der Waals surface area (Å²) in [6.45, 7) is 4.36. The topological polar surface area (TPSA) is 84.3 Å². The van der Waals surface area contributed by atoms with E-state index < -0.39 is 0 Å². The predicted octanol–water partition coefficient (Wildman–Crippen LogP) is 0.546. The Hall–Kier alpha value is -2.77. The number of hydrogen-bond acceptors (Lipinski definition) is 7. The molecule has 8 heteroatoms. The number of anilines is 1. The van der Waals surface area contributed by atoms with Crippen molar-refractivity contribution in [2.24, 2.45) is 0 Å². The lowest BCUT2D eigenvalue weighted by molar-refractivity contribution is 0.0739. The van der Waals surface area contributed by atoms with Crippen molar-refractivity contribution < 1.29 is 9.53 Å². The molecule has 0 radical (unpaired) electrons. The number of methoxy groups -OCH3 is 1. The first-order valence-electron chi connectivity index (χ1n) is 7.37. The molecule has 0 aromatic carbocycles. The molecule has 0 aliphatic carbocycles. The number of aromatic nitrogens is 4. The fraction of sp³-hybridized carbons (Fsp3) is 0.400. The van der Waals surface area contributed by atoms with Crippen molar-refractivity contribution in [2.45, 2.75) is 6.92 Å². The van der Waals surface area contributed by atoms with Gasteiger partial charge in [0.25, 0.3) is 5.91 Å². The van der Waals surface area contributed by atoms with E-state index in [9.17, 15) is 4.79 Å². The maximum absolute atomic E-state index is 12.4. The minimum absolute atomic E-state index is 0.0938. The van der Waals surface area contributed by atoms with Crippen LogP contribution in [0.3, 0.4) is 0 Å². The first-order chi connectivity index (χ1) is 11.2. The number of hydrogen-bond donors (Lipinski definition) is 0. The SMILES string of the molecule is COc1ccnc(N2CCN(C(=O)c3cnc(C)cn3)CC2)n1. The van der Waals surface area contributed by atoms with E-state index in [1.54, 1.807) is 30.5 Å². The third-order valence-corrected chi connectivity index (χ3v) is 3.68. The Labute approximate surface area is 134 Å². The average Bonchev–Trinajstić information content (AvgIpc) is 2.62. The molecule has 0 unspecified atom stereocenters. The fourth-order valence-electron chi connectivity index (χ4n) is 2.37. The highest BCUT2D eigenvalue weighted by atomic mass is 16.5. The van der Waals surface area contributed by atoms with Crippen LogP contribution in [0.1, 0.15) is 16.2 Å². The van der Waals surface area contributed by atoms with Crippen molar-refractivity contribution in [3.05, 3.63) is 36.0 Å². The van der Waals surface area contributed by atoms with Crippen LogP contribution in [0.2, 0.25) is 0 Å². The molecule has 3 rings (SSSR count). The van der Waals surface area contributed by atoms with Gasteiger partial charge in [-0.2, -0.15) is 4.98 Å². The van der Waals surface area contributed by atoms with Gasteiger partial charge in [0, 0.05) is 44.6 Å². The second kappa shape index (κ2) is 6.55. The lowest BCUT2D eigenvalue weighted by Crippen LogP contribution is -2.49. The van der Waals surface area contributed by atoms with E-state index in [1.165, 1.54) is 6.20 Å². The Morgan fingerprint density at radius 2 is 1.91 bits per heavy atom. The van der Waals surface area contributed by atoms with E-state index >= 15 is 0 Å². The summed E-state index contributed by atoms with van der Waals surface area (Å²) in [4.78, 5) is 33.1. The maximum atomic E-state index is 12.4. The van der Waals surface area contributed by atoms with Gasteiger partial charge in [-0.05, 0) is 6.92 Å². The Kier molecular flexibility index (Phi) is 4.31. The zero-order valence-electron chi connectivity index (χ0n) is 13.1. The Morgan fingerprint density at radius 1 is 1.13 bits per heavy atom. The molecular weight excluding hydrogens is 296 g/mol. The van der Waals surface area contributed by atoms with Crippen LogP contribution < -0.4 is 9.64 Å². The summed E-state index contributed by atoms with van der Waals surface area (Å²) in [7, 11) is 1.57. The van der Waals surface area contributed by atoms with Crippen LogP contribution in [-0.2, 0) is 0 Å². The van der Waals surface area contributed by atoms with Crippen molar-refractivity contribution in [1.82, 2.24) is 24.8 Å². The Bertz CT molecular complexity index is 683. The normalized spacial score (nSPS) is 14.7. The molecule has 0 atom stereocenters. The molecule has 3 heterocycles. The fourth-order valence-corrected chi connectivity index (χ4v) is 2.37. The van der Waals surface area contributed by atoms with Gasteiger partial charge < -0.3 is 14.5 Å². The van der Waals surface area contributed by atoms with E-state index in [1.807, 2.05) is 11.8 Å². The van der Waals surface area contributed by atoms with Crippen LogP contribution in [0.4, 0.5) is 5.95 Å². The number of carbonyl (C=O) groups excluding carboxylic acids is 1. The second-order valence-corrected chi connectivity index (χ2v) is 5.22. The zero-order valence-corrected chi connectivity index (χ0v) is 13.1. The van der Waals surface area contributed by atoms with Crippen LogP contribution in [-0.4, -0.2) is 64.0 Å². The molecule has 0 N–H and O–H groups in total. The molecule has 23 heavy (non-hydrogen) atoms. The number of aryl methyl sites for hydroxylation is 1. The van der Waals surface area contributed by atoms with E-state index in [0.29, 0.717) is 43.7 Å².